The van der Waals surface area contributed by atoms with E-state index in [0.717, 1.165) is 12.0 Å². The minimum absolute atomic E-state index is 0.000824. The minimum atomic E-state index is -0.000824. The van der Waals surface area contributed by atoms with E-state index in [4.69, 9.17) is 0 Å². The third-order valence-corrected chi connectivity index (χ3v) is 2.43. The van der Waals surface area contributed by atoms with Crippen LogP contribution in [0.15, 0.2) is 18.6 Å². The first kappa shape index (κ1) is 10.8. The van der Waals surface area contributed by atoms with E-state index in [9.17, 15) is 4.79 Å². The number of ketones is 1. The molecule has 0 aliphatic rings. The Kier molecular flexibility index (Phi) is 2.73. The summed E-state index contributed by atoms with van der Waals surface area (Å²) >= 11 is 0. The lowest BCUT2D eigenvalue weighted by atomic mass is 10.1. The second kappa shape index (κ2) is 4.04. The van der Waals surface area contributed by atoms with Crippen LogP contribution in [0.1, 0.15) is 36.7 Å². The number of fused-ring (bicyclic) bond motifs is 1. The molecule has 0 N–H and O–H groups in total. The Bertz CT molecular complexity index is 528. The molecular formula is C12H15N3O. The van der Waals surface area contributed by atoms with Crippen LogP contribution in [0.5, 0.6) is 0 Å². The van der Waals surface area contributed by atoms with Gasteiger partial charge in [0.1, 0.15) is 0 Å². The summed E-state index contributed by atoms with van der Waals surface area (Å²) in [6.07, 6.45) is 6.31. The highest BCUT2D eigenvalue weighted by atomic mass is 16.1. The quantitative estimate of drug-likeness (QED) is 0.740. The van der Waals surface area contributed by atoms with Gasteiger partial charge in [-0.3, -0.25) is 4.79 Å². The molecule has 84 valence electrons. The van der Waals surface area contributed by atoms with Crippen molar-refractivity contribution in [1.82, 2.24) is 14.6 Å². The number of nitrogens with zero attached hydrogens (tertiary/aromatic N) is 3. The molecule has 0 bridgehead atoms. The standard InChI is InChI=1S/C12H15N3O/c1-8(2)4-10-5-13-12-11(9(3)16)6-14-15(12)7-10/h5-8H,4H2,1-3H3. The fourth-order valence-corrected chi connectivity index (χ4v) is 1.74. The lowest BCUT2D eigenvalue weighted by Gasteiger charge is -2.04. The largest absolute Gasteiger partial charge is 0.294 e. The van der Waals surface area contributed by atoms with Gasteiger partial charge in [-0.05, 0) is 24.8 Å². The van der Waals surface area contributed by atoms with Gasteiger partial charge in [0.15, 0.2) is 11.4 Å². The first-order valence-corrected chi connectivity index (χ1v) is 5.41. The molecule has 16 heavy (non-hydrogen) atoms. The van der Waals surface area contributed by atoms with Crippen molar-refractivity contribution in [3.8, 4) is 0 Å². The highest BCUT2D eigenvalue weighted by Gasteiger charge is 2.10. The summed E-state index contributed by atoms with van der Waals surface area (Å²) in [7, 11) is 0. The molecule has 0 radical (unpaired) electrons. The van der Waals surface area contributed by atoms with Gasteiger partial charge in [0.2, 0.25) is 0 Å². The normalized spacial score (nSPS) is 11.2. The fourth-order valence-electron chi connectivity index (χ4n) is 1.74. The van der Waals surface area contributed by atoms with Gasteiger partial charge in [-0.15, -0.1) is 0 Å². The first-order valence-electron chi connectivity index (χ1n) is 5.41. The Balaban J connectivity index is 2.45. The maximum atomic E-state index is 11.3. The fraction of sp³-hybridized carbons (Fsp3) is 0.417. The molecule has 0 fully saturated rings. The second-order valence-corrected chi connectivity index (χ2v) is 4.44. The molecule has 2 aromatic rings. The van der Waals surface area contributed by atoms with Gasteiger partial charge in [0, 0.05) is 12.4 Å². The monoisotopic (exact) mass is 217 g/mol. The molecule has 2 rings (SSSR count). The summed E-state index contributed by atoms with van der Waals surface area (Å²) < 4.78 is 1.68. The zero-order valence-corrected chi connectivity index (χ0v) is 9.77. The smallest absolute Gasteiger partial charge is 0.165 e. The summed E-state index contributed by atoms with van der Waals surface area (Å²) in [6, 6.07) is 0. The number of rotatable bonds is 3. The predicted molar refractivity (Wildman–Crippen MR) is 61.5 cm³/mol. The van der Waals surface area contributed by atoms with Crippen LogP contribution < -0.4 is 0 Å². The molecule has 0 aliphatic carbocycles. The van der Waals surface area contributed by atoms with Gasteiger partial charge in [0.05, 0.1) is 11.8 Å². The highest BCUT2D eigenvalue weighted by molar-refractivity contribution is 5.99. The van der Waals surface area contributed by atoms with Gasteiger partial charge >= 0.3 is 0 Å². The number of hydrogen-bond acceptors (Lipinski definition) is 3. The van der Waals surface area contributed by atoms with Crippen molar-refractivity contribution >= 4 is 11.4 Å². The summed E-state index contributed by atoms with van der Waals surface area (Å²) in [5.41, 5.74) is 2.36. The van der Waals surface area contributed by atoms with Gasteiger partial charge in [-0.1, -0.05) is 13.8 Å². The lowest BCUT2D eigenvalue weighted by molar-refractivity contribution is 0.101. The second-order valence-electron chi connectivity index (χ2n) is 4.44. The SMILES string of the molecule is CC(=O)c1cnn2cc(CC(C)C)cnc12. The summed E-state index contributed by atoms with van der Waals surface area (Å²) in [6.45, 7) is 5.85. The zero-order valence-electron chi connectivity index (χ0n) is 9.77. The third-order valence-electron chi connectivity index (χ3n) is 2.43. The van der Waals surface area contributed by atoms with E-state index in [1.54, 1.807) is 10.7 Å². The molecular weight excluding hydrogens is 202 g/mol. The molecule has 0 spiro atoms. The van der Waals surface area contributed by atoms with Crippen LogP contribution in [0.3, 0.4) is 0 Å². The molecule has 0 unspecified atom stereocenters. The van der Waals surface area contributed by atoms with Crippen LogP contribution >= 0.6 is 0 Å². The average molecular weight is 217 g/mol. The molecule has 2 heterocycles. The molecule has 0 aliphatic heterocycles. The van der Waals surface area contributed by atoms with Gasteiger partial charge in [0.25, 0.3) is 0 Å². The van der Waals surface area contributed by atoms with Crippen LogP contribution in [0, 0.1) is 5.92 Å². The van der Waals surface area contributed by atoms with Crippen molar-refractivity contribution in [3.05, 3.63) is 29.7 Å². The first-order chi connectivity index (χ1) is 7.58. The molecule has 0 atom stereocenters. The van der Waals surface area contributed by atoms with Crippen molar-refractivity contribution in [2.24, 2.45) is 5.92 Å². The number of hydrogen-bond donors (Lipinski definition) is 0. The third kappa shape index (κ3) is 1.96. The molecule has 0 aromatic carbocycles. The molecule has 0 saturated heterocycles. The van der Waals surface area contributed by atoms with Crippen LogP contribution in [0.2, 0.25) is 0 Å². The Morgan fingerprint density at radius 3 is 2.81 bits per heavy atom. The summed E-state index contributed by atoms with van der Waals surface area (Å²) in [5, 5.41) is 4.14. The number of aromatic nitrogens is 3. The molecule has 4 nitrogen and oxygen atoms in total. The van der Waals surface area contributed by atoms with Crippen molar-refractivity contribution < 1.29 is 4.79 Å². The van der Waals surface area contributed by atoms with Crippen LogP contribution in [-0.2, 0) is 6.42 Å². The van der Waals surface area contributed by atoms with E-state index in [1.807, 2.05) is 12.4 Å². The number of carbonyl (C=O) groups is 1. The predicted octanol–water partition coefficient (Wildman–Crippen LogP) is 2.13. The van der Waals surface area contributed by atoms with E-state index in [1.165, 1.54) is 6.92 Å². The molecule has 2 aromatic heterocycles. The average Bonchev–Trinajstić information content (AvgIpc) is 2.59. The van der Waals surface area contributed by atoms with Gasteiger partial charge in [-0.25, -0.2) is 9.50 Å². The topological polar surface area (TPSA) is 47.3 Å². The van der Waals surface area contributed by atoms with Crippen molar-refractivity contribution in [2.45, 2.75) is 27.2 Å². The van der Waals surface area contributed by atoms with Crippen molar-refractivity contribution in [3.63, 3.8) is 0 Å². The van der Waals surface area contributed by atoms with E-state index < -0.39 is 0 Å². The van der Waals surface area contributed by atoms with Crippen LogP contribution in [0.25, 0.3) is 5.65 Å². The Labute approximate surface area is 94.3 Å². The lowest BCUT2D eigenvalue weighted by Crippen LogP contribution is -2.00. The van der Waals surface area contributed by atoms with Crippen LogP contribution in [0.4, 0.5) is 0 Å². The Morgan fingerprint density at radius 2 is 2.19 bits per heavy atom. The van der Waals surface area contributed by atoms with E-state index in [-0.39, 0.29) is 5.78 Å². The van der Waals surface area contributed by atoms with Crippen molar-refractivity contribution in [1.29, 1.82) is 0 Å². The Morgan fingerprint density at radius 1 is 1.44 bits per heavy atom. The van der Waals surface area contributed by atoms with E-state index in [0.29, 0.717) is 17.1 Å². The maximum Gasteiger partial charge on any atom is 0.165 e. The Hall–Kier alpha value is -1.71. The van der Waals surface area contributed by atoms with E-state index in [2.05, 4.69) is 23.9 Å². The number of carbonyl (C=O) groups excluding carboxylic acids is 1. The van der Waals surface area contributed by atoms with Gasteiger partial charge in [-0.2, -0.15) is 5.10 Å². The molecule has 0 saturated carbocycles. The summed E-state index contributed by atoms with van der Waals surface area (Å²) in [4.78, 5) is 15.6. The summed E-state index contributed by atoms with van der Waals surface area (Å²) in [5.74, 6) is 0.584. The van der Waals surface area contributed by atoms with Crippen molar-refractivity contribution in [2.75, 3.05) is 0 Å². The van der Waals surface area contributed by atoms with E-state index >= 15 is 0 Å². The minimum Gasteiger partial charge on any atom is -0.294 e. The molecule has 4 heteroatoms. The maximum absolute atomic E-state index is 11.3. The number of Topliss-reactive ketones (excluding diaryl/α,β-unsaturated/α-hetero) is 1. The zero-order chi connectivity index (χ0) is 11.7. The molecule has 0 amide bonds. The highest BCUT2D eigenvalue weighted by Crippen LogP contribution is 2.11. The van der Waals surface area contributed by atoms with Gasteiger partial charge < -0.3 is 0 Å². The van der Waals surface area contributed by atoms with Crippen LogP contribution in [-0.4, -0.2) is 20.4 Å².